The molecule has 2 nitrogen and oxygen atoms in total. The van der Waals surface area contributed by atoms with E-state index in [4.69, 9.17) is 0 Å². The van der Waals surface area contributed by atoms with Crippen LogP contribution in [0.2, 0.25) is 0 Å². The molecule has 1 fully saturated rings. The molecular weight excluding hydrogens is 136 g/mol. The van der Waals surface area contributed by atoms with Crippen LogP contribution in [0.25, 0.3) is 0 Å². The van der Waals surface area contributed by atoms with Crippen LogP contribution in [0.1, 0.15) is 19.3 Å². The predicted octanol–water partition coefficient (Wildman–Crippen LogP) is 0.658. The van der Waals surface area contributed by atoms with Gasteiger partial charge >= 0.3 is 0 Å². The van der Waals surface area contributed by atoms with Gasteiger partial charge in [0.05, 0.1) is 0 Å². The van der Waals surface area contributed by atoms with Crippen LogP contribution in [0.15, 0.2) is 12.2 Å². The highest BCUT2D eigenvalue weighted by atomic mass is 15.0. The van der Waals surface area contributed by atoms with Crippen molar-refractivity contribution in [3.63, 3.8) is 0 Å². The van der Waals surface area contributed by atoms with Crippen LogP contribution in [0, 0.1) is 0 Å². The third-order valence-corrected chi connectivity index (χ3v) is 2.83. The third-order valence-electron chi connectivity index (χ3n) is 2.83. The zero-order chi connectivity index (χ0) is 7.57. The average Bonchev–Trinajstić information content (AvgIpc) is 2.07. The Morgan fingerprint density at radius 3 is 2.55 bits per heavy atom. The van der Waals surface area contributed by atoms with Crippen molar-refractivity contribution >= 4 is 0 Å². The quantitative estimate of drug-likeness (QED) is 0.498. The van der Waals surface area contributed by atoms with E-state index in [0.717, 1.165) is 6.54 Å². The molecule has 1 spiro atoms. The molecule has 0 saturated carbocycles. The van der Waals surface area contributed by atoms with Crippen LogP contribution >= 0.6 is 0 Å². The second kappa shape index (κ2) is 2.95. The lowest BCUT2D eigenvalue weighted by molar-refractivity contribution is 0.246. The molecule has 0 bridgehead atoms. The van der Waals surface area contributed by atoms with E-state index in [9.17, 15) is 0 Å². The lowest BCUT2D eigenvalue weighted by atomic mass is 9.83. The minimum atomic E-state index is 0.458. The largest absolute Gasteiger partial charge is 0.317 e. The molecule has 1 saturated heterocycles. The van der Waals surface area contributed by atoms with E-state index < -0.39 is 0 Å². The minimum Gasteiger partial charge on any atom is -0.317 e. The highest BCUT2D eigenvalue weighted by Gasteiger charge is 2.30. The first-order valence-electron chi connectivity index (χ1n) is 4.52. The van der Waals surface area contributed by atoms with Gasteiger partial charge in [0.25, 0.3) is 0 Å². The first-order valence-corrected chi connectivity index (χ1v) is 4.52. The Bertz CT molecular complexity index is 157. The summed E-state index contributed by atoms with van der Waals surface area (Å²) in [5.74, 6) is 0. The van der Waals surface area contributed by atoms with Crippen molar-refractivity contribution in [1.29, 1.82) is 0 Å². The summed E-state index contributed by atoms with van der Waals surface area (Å²) >= 11 is 0. The fourth-order valence-corrected chi connectivity index (χ4v) is 2.03. The zero-order valence-corrected chi connectivity index (χ0v) is 6.90. The monoisotopic (exact) mass is 152 g/mol. The summed E-state index contributed by atoms with van der Waals surface area (Å²) in [4.78, 5) is 0. The first kappa shape index (κ1) is 7.32. The zero-order valence-electron chi connectivity index (χ0n) is 6.90. The summed E-state index contributed by atoms with van der Waals surface area (Å²) in [7, 11) is 0. The molecule has 2 N–H and O–H groups in total. The molecule has 0 aromatic carbocycles. The summed E-state index contributed by atoms with van der Waals surface area (Å²) in [5, 5.41) is 7.00. The molecule has 2 rings (SSSR count). The summed E-state index contributed by atoms with van der Waals surface area (Å²) in [6, 6.07) is 0. The Labute approximate surface area is 68.1 Å². The molecule has 0 unspecified atom stereocenters. The van der Waals surface area contributed by atoms with Gasteiger partial charge < -0.3 is 10.6 Å². The van der Waals surface area contributed by atoms with Gasteiger partial charge in [0.2, 0.25) is 0 Å². The SMILES string of the molecule is C1=CCC2(CCNCC2)NC1. The topological polar surface area (TPSA) is 24.1 Å². The normalized spacial score (nSPS) is 29.1. The Morgan fingerprint density at radius 2 is 1.91 bits per heavy atom. The highest BCUT2D eigenvalue weighted by Crippen LogP contribution is 2.24. The summed E-state index contributed by atoms with van der Waals surface area (Å²) < 4.78 is 0. The Morgan fingerprint density at radius 1 is 1.09 bits per heavy atom. The number of piperidine rings is 1. The fourth-order valence-electron chi connectivity index (χ4n) is 2.03. The maximum Gasteiger partial charge on any atom is 0.0243 e. The van der Waals surface area contributed by atoms with Gasteiger partial charge in [-0.25, -0.2) is 0 Å². The van der Waals surface area contributed by atoms with Crippen molar-refractivity contribution in [2.24, 2.45) is 0 Å². The van der Waals surface area contributed by atoms with Crippen molar-refractivity contribution in [2.75, 3.05) is 19.6 Å². The van der Waals surface area contributed by atoms with Gasteiger partial charge in [0.15, 0.2) is 0 Å². The summed E-state index contributed by atoms with van der Waals surface area (Å²) in [6.07, 6.45) is 8.36. The maximum atomic E-state index is 3.61. The number of hydrogen-bond acceptors (Lipinski definition) is 2. The highest BCUT2D eigenvalue weighted by molar-refractivity contribution is 5.05. The predicted molar refractivity (Wildman–Crippen MR) is 46.6 cm³/mol. The van der Waals surface area contributed by atoms with Gasteiger partial charge in [0.1, 0.15) is 0 Å². The third kappa shape index (κ3) is 1.47. The number of rotatable bonds is 0. The molecule has 62 valence electrons. The van der Waals surface area contributed by atoms with Crippen LogP contribution in [-0.4, -0.2) is 25.2 Å². The van der Waals surface area contributed by atoms with Crippen molar-refractivity contribution in [3.05, 3.63) is 12.2 Å². The molecule has 0 atom stereocenters. The Balaban J connectivity index is 2.01. The van der Waals surface area contributed by atoms with Crippen molar-refractivity contribution < 1.29 is 0 Å². The molecule has 0 radical (unpaired) electrons. The van der Waals surface area contributed by atoms with Gasteiger partial charge in [-0.15, -0.1) is 0 Å². The summed E-state index contributed by atoms with van der Waals surface area (Å²) in [6.45, 7) is 3.43. The standard InChI is InChI=1S/C9H16N2/c1-2-6-11-9(3-1)4-7-10-8-5-9/h1-2,10-11H,3-8H2. The van der Waals surface area contributed by atoms with Gasteiger partial charge in [-0.05, 0) is 32.4 Å². The molecule has 0 aliphatic carbocycles. The Kier molecular flexibility index (Phi) is 1.96. The number of nitrogens with one attached hydrogen (secondary N) is 2. The maximum absolute atomic E-state index is 3.61. The Hall–Kier alpha value is -0.340. The van der Waals surface area contributed by atoms with E-state index in [0.29, 0.717) is 5.54 Å². The van der Waals surface area contributed by atoms with E-state index in [1.54, 1.807) is 0 Å². The second-order valence-corrected chi connectivity index (χ2v) is 3.59. The smallest absolute Gasteiger partial charge is 0.0243 e. The van der Waals surface area contributed by atoms with Gasteiger partial charge in [-0.3, -0.25) is 0 Å². The minimum absolute atomic E-state index is 0.458. The molecule has 2 aliphatic heterocycles. The van der Waals surface area contributed by atoms with Gasteiger partial charge in [-0.1, -0.05) is 12.2 Å². The molecule has 0 aromatic rings. The van der Waals surface area contributed by atoms with Crippen molar-refractivity contribution in [3.8, 4) is 0 Å². The summed E-state index contributed by atoms with van der Waals surface area (Å²) in [5.41, 5.74) is 0.458. The van der Waals surface area contributed by atoms with Crippen LogP contribution in [0.3, 0.4) is 0 Å². The van der Waals surface area contributed by atoms with Crippen LogP contribution in [-0.2, 0) is 0 Å². The molecule has 0 amide bonds. The van der Waals surface area contributed by atoms with E-state index in [1.807, 2.05) is 0 Å². The first-order chi connectivity index (χ1) is 5.41. The van der Waals surface area contributed by atoms with E-state index in [-0.39, 0.29) is 0 Å². The lowest BCUT2D eigenvalue weighted by Crippen LogP contribution is -2.53. The van der Waals surface area contributed by atoms with Crippen molar-refractivity contribution in [1.82, 2.24) is 10.6 Å². The molecule has 2 aliphatic rings. The van der Waals surface area contributed by atoms with Crippen molar-refractivity contribution in [2.45, 2.75) is 24.8 Å². The van der Waals surface area contributed by atoms with E-state index in [1.165, 1.54) is 32.4 Å². The molecule has 2 heterocycles. The van der Waals surface area contributed by atoms with Crippen LogP contribution in [0.4, 0.5) is 0 Å². The number of hydrogen-bond donors (Lipinski definition) is 2. The molecular formula is C9H16N2. The fraction of sp³-hybridized carbons (Fsp3) is 0.778. The van der Waals surface area contributed by atoms with E-state index >= 15 is 0 Å². The van der Waals surface area contributed by atoms with E-state index in [2.05, 4.69) is 22.8 Å². The average molecular weight is 152 g/mol. The van der Waals surface area contributed by atoms with Crippen LogP contribution in [0.5, 0.6) is 0 Å². The lowest BCUT2D eigenvalue weighted by Gasteiger charge is -2.39. The molecule has 2 heteroatoms. The molecule has 11 heavy (non-hydrogen) atoms. The second-order valence-electron chi connectivity index (χ2n) is 3.59. The van der Waals surface area contributed by atoms with Gasteiger partial charge in [0, 0.05) is 12.1 Å². The van der Waals surface area contributed by atoms with Gasteiger partial charge in [-0.2, -0.15) is 0 Å². The molecule has 0 aromatic heterocycles. The van der Waals surface area contributed by atoms with Crippen LogP contribution < -0.4 is 10.6 Å².